The highest BCUT2D eigenvalue weighted by molar-refractivity contribution is 5.40. The SMILES string of the molecule is COc1ccc(OC)c(CCC(C)(C)CCN)c1. The third-order valence-corrected chi connectivity index (χ3v) is 3.38. The van der Waals surface area contributed by atoms with Gasteiger partial charge < -0.3 is 15.2 Å². The molecule has 0 aliphatic heterocycles. The number of hydrogen-bond acceptors (Lipinski definition) is 3. The van der Waals surface area contributed by atoms with Gasteiger partial charge in [0.05, 0.1) is 14.2 Å². The van der Waals surface area contributed by atoms with Crippen molar-refractivity contribution in [1.29, 1.82) is 0 Å². The van der Waals surface area contributed by atoms with Crippen LogP contribution in [0.2, 0.25) is 0 Å². The Bertz CT molecular complexity index is 375. The monoisotopic (exact) mass is 251 g/mol. The van der Waals surface area contributed by atoms with Crippen LogP contribution < -0.4 is 15.2 Å². The highest BCUT2D eigenvalue weighted by Crippen LogP contribution is 2.31. The molecule has 0 saturated heterocycles. The van der Waals surface area contributed by atoms with Crippen LogP contribution >= 0.6 is 0 Å². The van der Waals surface area contributed by atoms with Crippen LogP contribution in [0, 0.1) is 5.41 Å². The Hall–Kier alpha value is -1.22. The first kappa shape index (κ1) is 14.8. The van der Waals surface area contributed by atoms with E-state index in [0.717, 1.165) is 37.3 Å². The third-order valence-electron chi connectivity index (χ3n) is 3.38. The molecule has 1 aromatic carbocycles. The van der Waals surface area contributed by atoms with Crippen LogP contribution in [0.15, 0.2) is 18.2 Å². The van der Waals surface area contributed by atoms with Crippen LogP contribution in [0.4, 0.5) is 0 Å². The lowest BCUT2D eigenvalue weighted by molar-refractivity contribution is 0.310. The van der Waals surface area contributed by atoms with E-state index in [0.29, 0.717) is 0 Å². The Morgan fingerprint density at radius 1 is 1.11 bits per heavy atom. The quantitative estimate of drug-likeness (QED) is 0.810. The summed E-state index contributed by atoms with van der Waals surface area (Å²) in [6.07, 6.45) is 3.11. The van der Waals surface area contributed by atoms with Gasteiger partial charge in [-0.1, -0.05) is 13.8 Å². The van der Waals surface area contributed by atoms with Gasteiger partial charge in [-0.2, -0.15) is 0 Å². The van der Waals surface area contributed by atoms with E-state index >= 15 is 0 Å². The highest BCUT2D eigenvalue weighted by atomic mass is 16.5. The molecule has 0 heterocycles. The van der Waals surface area contributed by atoms with Crippen molar-refractivity contribution in [3.63, 3.8) is 0 Å². The topological polar surface area (TPSA) is 44.5 Å². The van der Waals surface area contributed by atoms with E-state index in [1.165, 1.54) is 5.56 Å². The summed E-state index contributed by atoms with van der Waals surface area (Å²) in [5, 5.41) is 0. The standard InChI is InChI=1S/C15H25NO2/c1-15(2,9-10-16)8-7-12-11-13(17-3)5-6-14(12)18-4/h5-6,11H,7-10,16H2,1-4H3. The zero-order chi connectivity index (χ0) is 13.6. The van der Waals surface area contributed by atoms with Crippen molar-refractivity contribution in [1.82, 2.24) is 0 Å². The van der Waals surface area contributed by atoms with E-state index in [4.69, 9.17) is 15.2 Å². The summed E-state index contributed by atoms with van der Waals surface area (Å²) in [5.41, 5.74) is 7.10. The summed E-state index contributed by atoms with van der Waals surface area (Å²) >= 11 is 0. The Labute approximate surface area is 110 Å². The minimum Gasteiger partial charge on any atom is -0.497 e. The minimum atomic E-state index is 0.267. The van der Waals surface area contributed by atoms with Crippen LogP contribution in [-0.4, -0.2) is 20.8 Å². The molecule has 18 heavy (non-hydrogen) atoms. The molecule has 0 atom stereocenters. The van der Waals surface area contributed by atoms with Crippen molar-refractivity contribution in [3.8, 4) is 11.5 Å². The highest BCUT2D eigenvalue weighted by Gasteiger charge is 2.17. The normalized spacial score (nSPS) is 11.4. The van der Waals surface area contributed by atoms with Crippen LogP contribution in [0.1, 0.15) is 32.3 Å². The van der Waals surface area contributed by atoms with Crippen LogP contribution in [0.5, 0.6) is 11.5 Å². The van der Waals surface area contributed by atoms with Crippen LogP contribution in [0.3, 0.4) is 0 Å². The first-order valence-corrected chi connectivity index (χ1v) is 6.43. The number of rotatable bonds is 7. The van der Waals surface area contributed by atoms with E-state index < -0.39 is 0 Å². The van der Waals surface area contributed by atoms with Crippen molar-refractivity contribution < 1.29 is 9.47 Å². The lowest BCUT2D eigenvalue weighted by atomic mass is 9.83. The van der Waals surface area contributed by atoms with Crippen molar-refractivity contribution in [2.24, 2.45) is 11.1 Å². The largest absolute Gasteiger partial charge is 0.497 e. The first-order valence-electron chi connectivity index (χ1n) is 6.43. The van der Waals surface area contributed by atoms with E-state index in [9.17, 15) is 0 Å². The molecule has 0 aromatic heterocycles. The predicted molar refractivity (Wildman–Crippen MR) is 75.3 cm³/mol. The molecular formula is C15H25NO2. The molecule has 3 heteroatoms. The van der Waals surface area contributed by atoms with Gasteiger partial charge in [0.15, 0.2) is 0 Å². The van der Waals surface area contributed by atoms with Gasteiger partial charge in [-0.25, -0.2) is 0 Å². The number of nitrogens with two attached hydrogens (primary N) is 1. The maximum atomic E-state index is 5.64. The average molecular weight is 251 g/mol. The minimum absolute atomic E-state index is 0.267. The van der Waals surface area contributed by atoms with Crippen molar-refractivity contribution in [2.45, 2.75) is 33.1 Å². The molecule has 0 spiro atoms. The van der Waals surface area contributed by atoms with Gasteiger partial charge in [-0.3, -0.25) is 0 Å². The smallest absolute Gasteiger partial charge is 0.122 e. The fraction of sp³-hybridized carbons (Fsp3) is 0.600. The van der Waals surface area contributed by atoms with Gasteiger partial charge in [0.2, 0.25) is 0 Å². The third kappa shape index (κ3) is 4.22. The zero-order valence-corrected chi connectivity index (χ0v) is 12.0. The summed E-state index contributed by atoms with van der Waals surface area (Å²) in [5.74, 6) is 1.81. The molecule has 0 aliphatic carbocycles. The van der Waals surface area contributed by atoms with Crippen molar-refractivity contribution in [2.75, 3.05) is 20.8 Å². The summed E-state index contributed by atoms with van der Waals surface area (Å²) in [6, 6.07) is 5.94. The van der Waals surface area contributed by atoms with Crippen molar-refractivity contribution >= 4 is 0 Å². The lowest BCUT2D eigenvalue weighted by Crippen LogP contribution is -2.18. The number of benzene rings is 1. The molecule has 0 aliphatic rings. The molecule has 102 valence electrons. The maximum Gasteiger partial charge on any atom is 0.122 e. The molecule has 3 nitrogen and oxygen atoms in total. The predicted octanol–water partition coefficient (Wildman–Crippen LogP) is 3.01. The Morgan fingerprint density at radius 2 is 1.83 bits per heavy atom. The molecule has 0 saturated carbocycles. The van der Waals surface area contributed by atoms with Crippen LogP contribution in [-0.2, 0) is 6.42 Å². The maximum absolute atomic E-state index is 5.64. The summed E-state index contributed by atoms with van der Waals surface area (Å²) in [6.45, 7) is 5.25. The second-order valence-corrected chi connectivity index (χ2v) is 5.38. The summed E-state index contributed by atoms with van der Waals surface area (Å²) < 4.78 is 10.6. The molecule has 1 aromatic rings. The molecule has 0 amide bonds. The number of ether oxygens (including phenoxy) is 2. The molecule has 1 rings (SSSR count). The Balaban J connectivity index is 2.76. The van der Waals surface area contributed by atoms with Gasteiger partial charge in [0.25, 0.3) is 0 Å². The van der Waals surface area contributed by atoms with E-state index in [2.05, 4.69) is 19.9 Å². The second-order valence-electron chi connectivity index (χ2n) is 5.38. The molecule has 0 bridgehead atoms. The average Bonchev–Trinajstić information content (AvgIpc) is 2.36. The van der Waals surface area contributed by atoms with Gasteiger partial charge in [-0.15, -0.1) is 0 Å². The molecular weight excluding hydrogens is 226 g/mol. The van der Waals surface area contributed by atoms with Gasteiger partial charge in [0.1, 0.15) is 11.5 Å². The van der Waals surface area contributed by atoms with Crippen LogP contribution in [0.25, 0.3) is 0 Å². The van der Waals surface area contributed by atoms with E-state index in [1.807, 2.05) is 12.1 Å². The van der Waals surface area contributed by atoms with E-state index in [1.54, 1.807) is 14.2 Å². The zero-order valence-electron chi connectivity index (χ0n) is 12.0. The first-order chi connectivity index (χ1) is 8.52. The Kier molecular flexibility index (Phi) is 5.48. The fourth-order valence-electron chi connectivity index (χ4n) is 2.07. The summed E-state index contributed by atoms with van der Waals surface area (Å²) in [4.78, 5) is 0. The molecule has 0 radical (unpaired) electrons. The van der Waals surface area contributed by atoms with Gasteiger partial charge >= 0.3 is 0 Å². The molecule has 0 fully saturated rings. The molecule has 2 N–H and O–H groups in total. The van der Waals surface area contributed by atoms with Gasteiger partial charge in [0, 0.05) is 0 Å². The molecule has 0 unspecified atom stereocenters. The van der Waals surface area contributed by atoms with Gasteiger partial charge in [-0.05, 0) is 55.0 Å². The lowest BCUT2D eigenvalue weighted by Gasteiger charge is -2.24. The summed E-state index contributed by atoms with van der Waals surface area (Å²) in [7, 11) is 3.39. The fourth-order valence-corrected chi connectivity index (χ4v) is 2.07. The second kappa shape index (κ2) is 6.64. The van der Waals surface area contributed by atoms with Crippen molar-refractivity contribution in [3.05, 3.63) is 23.8 Å². The number of hydrogen-bond donors (Lipinski definition) is 1. The van der Waals surface area contributed by atoms with E-state index in [-0.39, 0.29) is 5.41 Å². The Morgan fingerprint density at radius 3 is 2.39 bits per heavy atom. The number of aryl methyl sites for hydroxylation is 1. The number of methoxy groups -OCH3 is 2.